The third kappa shape index (κ3) is 4.61. The highest BCUT2D eigenvalue weighted by Gasteiger charge is 2.86. The third-order valence-electron chi connectivity index (χ3n) is 13.5. The molecule has 4 aromatic carbocycles. The number of hydrogen-bond donors (Lipinski definition) is 0. The van der Waals surface area contributed by atoms with E-state index >= 15 is 0 Å². The molecule has 4 bridgehead atoms. The van der Waals surface area contributed by atoms with Crippen LogP contribution >= 0.6 is 0 Å². The standard InChI is InChI=1S/C45H48N4O6/c1-29(31-13-9-7-10-14-31)48-25-23-37-35-27-33(52-5)17-19-39(35)46(3)44(48)43(37)38-24-26-49(30(2)32-15-11-8-12-16-32)45(43,55-42(51)22-21-41(50)54-44)47(4)40-20-18-34(53-6)28-36(38)40/h7-22,27-30,37-38H,23-26H2,1-6H3/b22-21-. The smallest absolute Gasteiger partial charge is 0.334 e. The van der Waals surface area contributed by atoms with Crippen LogP contribution in [0.4, 0.5) is 11.4 Å². The van der Waals surface area contributed by atoms with Gasteiger partial charge in [0.05, 0.1) is 14.2 Å². The van der Waals surface area contributed by atoms with Crippen molar-refractivity contribution in [1.29, 1.82) is 0 Å². The largest absolute Gasteiger partial charge is 0.497 e. The molecule has 0 amide bonds. The molecule has 1 spiro atoms. The molecule has 0 aromatic heterocycles. The maximum Gasteiger partial charge on any atom is 0.334 e. The number of anilines is 2. The fourth-order valence-corrected chi connectivity index (χ4v) is 11.3. The van der Waals surface area contributed by atoms with E-state index < -0.39 is 29.1 Å². The van der Waals surface area contributed by atoms with E-state index in [1.807, 2.05) is 62.6 Å². The summed E-state index contributed by atoms with van der Waals surface area (Å²) in [5.74, 6) is -3.34. The maximum absolute atomic E-state index is 14.6. The van der Waals surface area contributed by atoms with Crippen LogP contribution in [0.1, 0.15) is 72.9 Å². The van der Waals surface area contributed by atoms with Crippen LogP contribution in [-0.4, -0.2) is 74.8 Å². The number of piperidine rings is 2. The Hall–Kier alpha value is -5.32. The minimum atomic E-state index is -1.51. The molecule has 6 atom stereocenters. The van der Waals surface area contributed by atoms with Crippen LogP contribution in [0.25, 0.3) is 0 Å². The second-order valence-electron chi connectivity index (χ2n) is 15.5. The SMILES string of the molecule is COc1ccc2c(c1)C1CCN(C(C)c3ccccc3)C3(OC(=O)/C=C\C(=O)OC45N(C)c6ccc(OC)cc6C(CCN4C(C)c4ccccc4)C135)N2C. The Morgan fingerprint density at radius 2 is 1.02 bits per heavy atom. The van der Waals surface area contributed by atoms with E-state index in [1.165, 1.54) is 12.2 Å². The summed E-state index contributed by atoms with van der Waals surface area (Å²) in [6.45, 7) is 5.57. The zero-order valence-electron chi connectivity index (χ0n) is 32.3. The van der Waals surface area contributed by atoms with Crippen LogP contribution in [0.3, 0.4) is 0 Å². The summed E-state index contributed by atoms with van der Waals surface area (Å²) in [6, 6.07) is 32.7. The number of benzene rings is 4. The van der Waals surface area contributed by atoms with E-state index in [1.54, 1.807) is 14.2 Å². The van der Waals surface area contributed by atoms with Crippen LogP contribution in [0.5, 0.6) is 11.5 Å². The predicted octanol–water partition coefficient (Wildman–Crippen LogP) is 7.35. The first-order chi connectivity index (χ1) is 26.6. The Bertz CT molecular complexity index is 2030. The predicted molar refractivity (Wildman–Crippen MR) is 210 cm³/mol. The monoisotopic (exact) mass is 740 g/mol. The number of rotatable bonds is 6. The molecular formula is C45H48N4O6. The molecule has 2 saturated heterocycles. The van der Waals surface area contributed by atoms with E-state index in [0.717, 1.165) is 45.1 Å². The van der Waals surface area contributed by atoms with Crippen molar-refractivity contribution in [2.45, 2.75) is 62.3 Å². The van der Waals surface area contributed by atoms with Crippen molar-refractivity contribution in [3.8, 4) is 11.5 Å². The van der Waals surface area contributed by atoms with E-state index in [2.05, 4.69) is 82.0 Å². The van der Waals surface area contributed by atoms with Gasteiger partial charge in [-0.1, -0.05) is 60.7 Å². The number of carbonyl (C=O) groups is 2. The zero-order chi connectivity index (χ0) is 38.3. The molecule has 9 rings (SSSR count). The lowest BCUT2D eigenvalue weighted by atomic mass is 9.46. The number of ether oxygens (including phenoxy) is 4. The van der Waals surface area contributed by atoms with Crippen LogP contribution in [0.2, 0.25) is 0 Å². The Morgan fingerprint density at radius 1 is 0.618 bits per heavy atom. The van der Waals surface area contributed by atoms with Gasteiger partial charge in [-0.3, -0.25) is 0 Å². The number of nitrogens with zero attached hydrogens (tertiary/aromatic N) is 4. The Morgan fingerprint density at radius 3 is 1.40 bits per heavy atom. The van der Waals surface area contributed by atoms with Gasteiger partial charge < -0.3 is 28.7 Å². The quantitative estimate of drug-likeness (QED) is 0.187. The zero-order valence-corrected chi connectivity index (χ0v) is 32.3. The molecule has 0 saturated carbocycles. The molecule has 0 aliphatic carbocycles. The van der Waals surface area contributed by atoms with Crippen molar-refractivity contribution in [1.82, 2.24) is 9.80 Å². The first-order valence-electron chi connectivity index (χ1n) is 19.2. The molecule has 5 aliphatic heterocycles. The molecule has 4 aromatic rings. The van der Waals surface area contributed by atoms with Gasteiger partial charge in [-0.05, 0) is 85.3 Å². The van der Waals surface area contributed by atoms with Crippen molar-refractivity contribution >= 4 is 23.3 Å². The summed E-state index contributed by atoms with van der Waals surface area (Å²) in [4.78, 5) is 38.2. The third-order valence-corrected chi connectivity index (χ3v) is 13.5. The molecule has 10 heteroatoms. The summed E-state index contributed by atoms with van der Waals surface area (Å²) in [5.41, 5.74) is 4.98. The van der Waals surface area contributed by atoms with Crippen LogP contribution in [-0.2, 0) is 19.1 Å². The molecular weight excluding hydrogens is 693 g/mol. The van der Waals surface area contributed by atoms with E-state index in [9.17, 15) is 9.59 Å². The second-order valence-corrected chi connectivity index (χ2v) is 15.5. The summed E-state index contributed by atoms with van der Waals surface area (Å²) in [7, 11) is 7.44. The molecule has 5 aliphatic rings. The molecule has 284 valence electrons. The fraction of sp³-hybridized carbons (Fsp3) is 0.378. The molecule has 2 fully saturated rings. The van der Waals surface area contributed by atoms with Crippen molar-refractivity contribution < 1.29 is 28.5 Å². The van der Waals surface area contributed by atoms with Crippen molar-refractivity contribution in [2.75, 3.05) is 51.2 Å². The lowest BCUT2D eigenvalue weighted by Gasteiger charge is -2.78. The number of fused-ring (bicyclic) bond motifs is 4. The number of esters is 2. The second kappa shape index (κ2) is 12.9. The highest BCUT2D eigenvalue weighted by molar-refractivity contribution is 5.93. The molecule has 55 heavy (non-hydrogen) atoms. The van der Waals surface area contributed by atoms with Gasteiger partial charge in [-0.25, -0.2) is 19.4 Å². The fourth-order valence-electron chi connectivity index (χ4n) is 11.3. The summed E-state index contributed by atoms with van der Waals surface area (Å²) < 4.78 is 26.4. The molecule has 0 N–H and O–H groups in total. The number of methoxy groups -OCH3 is 2. The minimum Gasteiger partial charge on any atom is -0.497 e. The molecule has 6 unspecified atom stereocenters. The summed E-state index contributed by atoms with van der Waals surface area (Å²) in [6.07, 6.45) is 3.84. The van der Waals surface area contributed by atoms with Crippen molar-refractivity contribution in [3.05, 3.63) is 131 Å². The highest BCUT2D eigenvalue weighted by Crippen LogP contribution is 2.77. The van der Waals surface area contributed by atoms with Gasteiger partial charge in [0.1, 0.15) is 16.9 Å². The van der Waals surface area contributed by atoms with Gasteiger partial charge in [0, 0.05) is 74.6 Å². The van der Waals surface area contributed by atoms with Gasteiger partial charge in [0.15, 0.2) is 0 Å². The summed E-state index contributed by atoms with van der Waals surface area (Å²) in [5, 5.41) is 0. The van der Waals surface area contributed by atoms with Gasteiger partial charge in [-0.15, -0.1) is 0 Å². The number of carbonyl (C=O) groups excluding carboxylic acids is 2. The first kappa shape index (κ1) is 35.4. The first-order valence-corrected chi connectivity index (χ1v) is 19.2. The minimum absolute atomic E-state index is 0.218. The molecule has 0 radical (unpaired) electrons. The van der Waals surface area contributed by atoms with Crippen LogP contribution in [0.15, 0.2) is 109 Å². The Kier molecular flexibility index (Phi) is 8.29. The van der Waals surface area contributed by atoms with Crippen LogP contribution < -0.4 is 19.3 Å². The van der Waals surface area contributed by atoms with Crippen molar-refractivity contribution in [2.24, 2.45) is 5.41 Å². The summed E-state index contributed by atoms with van der Waals surface area (Å²) >= 11 is 0. The van der Waals surface area contributed by atoms with Gasteiger partial charge in [-0.2, -0.15) is 0 Å². The van der Waals surface area contributed by atoms with Gasteiger partial charge >= 0.3 is 11.9 Å². The maximum atomic E-state index is 14.6. The van der Waals surface area contributed by atoms with Crippen molar-refractivity contribution in [3.63, 3.8) is 0 Å². The van der Waals surface area contributed by atoms with E-state index in [-0.39, 0.29) is 23.9 Å². The Balaban J connectivity index is 1.47. The van der Waals surface area contributed by atoms with Gasteiger partial charge in [0.2, 0.25) is 0 Å². The lowest BCUT2D eigenvalue weighted by Crippen LogP contribution is -2.90. The lowest BCUT2D eigenvalue weighted by molar-refractivity contribution is -0.362. The molecule has 5 heterocycles. The van der Waals surface area contributed by atoms with Gasteiger partial charge in [0.25, 0.3) is 11.7 Å². The molecule has 10 nitrogen and oxygen atoms in total. The number of hydrogen-bond acceptors (Lipinski definition) is 10. The number of likely N-dealkylation sites (tertiary alicyclic amines) is 2. The van der Waals surface area contributed by atoms with Crippen LogP contribution in [0, 0.1) is 5.41 Å². The van der Waals surface area contributed by atoms with E-state index in [0.29, 0.717) is 25.9 Å². The topological polar surface area (TPSA) is 84.0 Å². The normalized spacial score (nSPS) is 30.1. The van der Waals surface area contributed by atoms with E-state index in [4.69, 9.17) is 18.9 Å². The Labute approximate surface area is 322 Å². The average molecular weight is 741 g/mol. The highest BCUT2D eigenvalue weighted by atomic mass is 16.6. The average Bonchev–Trinajstić information content (AvgIpc) is 3.26.